The van der Waals surface area contributed by atoms with Crippen molar-refractivity contribution in [2.45, 2.75) is 25.7 Å². The summed E-state index contributed by atoms with van der Waals surface area (Å²) in [5.41, 5.74) is 1.41. The zero-order valence-corrected chi connectivity index (χ0v) is 13.2. The number of carboxylic acids is 1. The van der Waals surface area contributed by atoms with Gasteiger partial charge in [-0.1, -0.05) is 12.1 Å². The number of piperidine rings is 1. The van der Waals surface area contributed by atoms with Crippen molar-refractivity contribution in [2.24, 2.45) is 11.8 Å². The average molecular weight is 317 g/mol. The first-order chi connectivity index (χ1) is 11.1. The summed E-state index contributed by atoms with van der Waals surface area (Å²) in [5, 5.41) is 9.06. The lowest BCUT2D eigenvalue weighted by atomic mass is 9.89. The van der Waals surface area contributed by atoms with Crippen molar-refractivity contribution in [3.8, 4) is 0 Å². The highest BCUT2D eigenvalue weighted by molar-refractivity contribution is 5.87. The van der Waals surface area contributed by atoms with E-state index in [0.29, 0.717) is 24.7 Å². The van der Waals surface area contributed by atoms with E-state index in [1.165, 1.54) is 0 Å². The molecule has 1 unspecified atom stereocenters. The fourth-order valence-electron chi connectivity index (χ4n) is 3.51. The maximum absolute atomic E-state index is 12.4. The molecule has 1 amide bonds. The van der Waals surface area contributed by atoms with Crippen LogP contribution in [0.5, 0.6) is 0 Å². The number of amides is 1. The van der Waals surface area contributed by atoms with Gasteiger partial charge in [0.05, 0.1) is 18.1 Å². The molecule has 1 aromatic carbocycles. The Bertz CT molecular complexity index is 572. The number of rotatable bonds is 4. The summed E-state index contributed by atoms with van der Waals surface area (Å²) in [6.45, 7) is 2.88. The normalized spacial score (nSPS) is 22.3. The second-order valence-corrected chi connectivity index (χ2v) is 6.54. The number of carbonyl (C=O) groups is 2. The number of benzene rings is 1. The van der Waals surface area contributed by atoms with E-state index in [-0.39, 0.29) is 11.8 Å². The van der Waals surface area contributed by atoms with E-state index in [2.05, 4.69) is 0 Å². The number of aromatic carboxylic acids is 1. The maximum atomic E-state index is 12.4. The van der Waals surface area contributed by atoms with E-state index in [1.54, 1.807) is 18.2 Å². The smallest absolute Gasteiger partial charge is 0.335 e. The zero-order valence-electron chi connectivity index (χ0n) is 13.2. The minimum atomic E-state index is -0.883. The van der Waals surface area contributed by atoms with E-state index < -0.39 is 5.97 Å². The lowest BCUT2D eigenvalue weighted by Gasteiger charge is -2.33. The van der Waals surface area contributed by atoms with Crippen LogP contribution < -0.4 is 0 Å². The summed E-state index contributed by atoms with van der Waals surface area (Å²) in [7, 11) is 0. The van der Waals surface area contributed by atoms with Crippen molar-refractivity contribution < 1.29 is 19.4 Å². The molecule has 0 bridgehead atoms. The Morgan fingerprint density at radius 3 is 2.65 bits per heavy atom. The van der Waals surface area contributed by atoms with Gasteiger partial charge in [-0.2, -0.15) is 0 Å². The summed E-state index contributed by atoms with van der Waals surface area (Å²) in [4.78, 5) is 25.4. The zero-order chi connectivity index (χ0) is 16.2. The first-order valence-corrected chi connectivity index (χ1v) is 8.32. The molecule has 1 aromatic rings. The van der Waals surface area contributed by atoms with Gasteiger partial charge in [-0.25, -0.2) is 4.79 Å². The number of ether oxygens (including phenoxy) is 1. The summed E-state index contributed by atoms with van der Waals surface area (Å²) in [5.74, 6) is -0.0680. The van der Waals surface area contributed by atoms with Crippen LogP contribution in [-0.4, -0.2) is 48.2 Å². The van der Waals surface area contributed by atoms with Gasteiger partial charge in [-0.15, -0.1) is 0 Å². The van der Waals surface area contributed by atoms with Gasteiger partial charge in [0, 0.05) is 19.7 Å². The standard InChI is InChI=1S/C18H23NO4/c20-17(16-6-9-23-12-16)19-7-4-13(5-8-19)10-14-2-1-3-15(11-14)18(21)22/h1-3,11,13,16H,4-10,12H2,(H,21,22). The molecule has 2 aliphatic heterocycles. The third-order valence-corrected chi connectivity index (χ3v) is 4.90. The Balaban J connectivity index is 1.52. The molecule has 5 nitrogen and oxygen atoms in total. The van der Waals surface area contributed by atoms with Gasteiger partial charge < -0.3 is 14.7 Å². The first-order valence-electron chi connectivity index (χ1n) is 8.32. The molecular weight excluding hydrogens is 294 g/mol. The number of carbonyl (C=O) groups excluding carboxylic acids is 1. The average Bonchev–Trinajstić information content (AvgIpc) is 3.09. The van der Waals surface area contributed by atoms with Crippen LogP contribution in [0, 0.1) is 11.8 Å². The molecule has 0 radical (unpaired) electrons. The van der Waals surface area contributed by atoms with Crippen molar-refractivity contribution in [1.29, 1.82) is 0 Å². The lowest BCUT2D eigenvalue weighted by Crippen LogP contribution is -2.42. The molecule has 1 N–H and O–H groups in total. The highest BCUT2D eigenvalue weighted by Gasteiger charge is 2.30. The number of nitrogens with zero attached hydrogens (tertiary/aromatic N) is 1. The van der Waals surface area contributed by atoms with Crippen LogP contribution in [0.3, 0.4) is 0 Å². The Labute approximate surface area is 136 Å². The third-order valence-electron chi connectivity index (χ3n) is 4.90. The molecule has 0 aromatic heterocycles. The quantitative estimate of drug-likeness (QED) is 0.924. The van der Waals surface area contributed by atoms with E-state index in [4.69, 9.17) is 9.84 Å². The molecule has 2 aliphatic rings. The van der Waals surface area contributed by atoms with Gasteiger partial charge in [-0.05, 0) is 49.3 Å². The molecule has 0 saturated carbocycles. The number of hydrogen-bond donors (Lipinski definition) is 1. The van der Waals surface area contributed by atoms with Crippen LogP contribution in [0.2, 0.25) is 0 Å². The van der Waals surface area contributed by atoms with Gasteiger partial charge in [0.2, 0.25) is 5.91 Å². The maximum Gasteiger partial charge on any atom is 0.335 e. The van der Waals surface area contributed by atoms with Crippen LogP contribution in [-0.2, 0) is 16.0 Å². The van der Waals surface area contributed by atoms with Crippen LogP contribution >= 0.6 is 0 Å². The monoisotopic (exact) mass is 317 g/mol. The number of carboxylic acid groups (broad SMARTS) is 1. The van der Waals surface area contributed by atoms with Crippen LogP contribution in [0.4, 0.5) is 0 Å². The van der Waals surface area contributed by atoms with Crippen molar-refractivity contribution >= 4 is 11.9 Å². The predicted octanol–water partition coefficient (Wildman–Crippen LogP) is 2.20. The Morgan fingerprint density at radius 1 is 1.22 bits per heavy atom. The van der Waals surface area contributed by atoms with Crippen LogP contribution in [0.1, 0.15) is 35.2 Å². The van der Waals surface area contributed by atoms with Gasteiger partial charge >= 0.3 is 5.97 Å². The van der Waals surface area contributed by atoms with Gasteiger partial charge in [-0.3, -0.25) is 4.79 Å². The van der Waals surface area contributed by atoms with E-state index in [1.807, 2.05) is 11.0 Å². The van der Waals surface area contributed by atoms with E-state index in [0.717, 1.165) is 44.3 Å². The number of likely N-dealkylation sites (tertiary alicyclic amines) is 1. The Kier molecular flexibility index (Phi) is 4.96. The van der Waals surface area contributed by atoms with Crippen molar-refractivity contribution in [3.05, 3.63) is 35.4 Å². The molecule has 23 heavy (non-hydrogen) atoms. The Hall–Kier alpha value is -1.88. The van der Waals surface area contributed by atoms with E-state index >= 15 is 0 Å². The van der Waals surface area contributed by atoms with Crippen LogP contribution in [0.15, 0.2) is 24.3 Å². The highest BCUT2D eigenvalue weighted by atomic mass is 16.5. The predicted molar refractivity (Wildman–Crippen MR) is 85.3 cm³/mol. The molecule has 2 saturated heterocycles. The Morgan fingerprint density at radius 2 is 2.00 bits per heavy atom. The molecule has 124 valence electrons. The first kappa shape index (κ1) is 16.0. The van der Waals surface area contributed by atoms with E-state index in [9.17, 15) is 9.59 Å². The topological polar surface area (TPSA) is 66.8 Å². The van der Waals surface area contributed by atoms with Gasteiger partial charge in [0.15, 0.2) is 0 Å². The third kappa shape index (κ3) is 3.91. The molecular formula is C18H23NO4. The minimum absolute atomic E-state index is 0.0544. The second-order valence-electron chi connectivity index (χ2n) is 6.54. The fraction of sp³-hybridized carbons (Fsp3) is 0.556. The van der Waals surface area contributed by atoms with Crippen molar-refractivity contribution in [1.82, 2.24) is 4.90 Å². The van der Waals surface area contributed by atoms with Crippen molar-refractivity contribution in [3.63, 3.8) is 0 Å². The lowest BCUT2D eigenvalue weighted by molar-refractivity contribution is -0.136. The number of hydrogen-bond acceptors (Lipinski definition) is 3. The molecule has 0 aliphatic carbocycles. The summed E-state index contributed by atoms with van der Waals surface area (Å²) in [6, 6.07) is 7.17. The summed E-state index contributed by atoms with van der Waals surface area (Å²) < 4.78 is 5.30. The molecule has 2 heterocycles. The second kappa shape index (κ2) is 7.13. The summed E-state index contributed by atoms with van der Waals surface area (Å²) >= 11 is 0. The summed E-state index contributed by atoms with van der Waals surface area (Å²) in [6.07, 6.45) is 3.70. The molecule has 3 rings (SSSR count). The van der Waals surface area contributed by atoms with Gasteiger partial charge in [0.25, 0.3) is 0 Å². The molecule has 5 heteroatoms. The highest BCUT2D eigenvalue weighted by Crippen LogP contribution is 2.25. The molecule has 2 fully saturated rings. The molecule has 0 spiro atoms. The largest absolute Gasteiger partial charge is 0.478 e. The van der Waals surface area contributed by atoms with Gasteiger partial charge in [0.1, 0.15) is 0 Å². The SMILES string of the molecule is O=C(O)c1cccc(CC2CCN(C(=O)C3CCOC3)CC2)c1. The molecule has 1 atom stereocenters. The minimum Gasteiger partial charge on any atom is -0.478 e. The van der Waals surface area contributed by atoms with Crippen molar-refractivity contribution in [2.75, 3.05) is 26.3 Å². The van der Waals surface area contributed by atoms with Crippen LogP contribution in [0.25, 0.3) is 0 Å². The fourth-order valence-corrected chi connectivity index (χ4v) is 3.51.